The molecule has 8 heteroatoms. The van der Waals surface area contributed by atoms with Gasteiger partial charge in [-0.25, -0.2) is 5.43 Å². The van der Waals surface area contributed by atoms with E-state index in [9.17, 15) is 18.4 Å². The molecule has 0 aliphatic rings. The zero-order valence-corrected chi connectivity index (χ0v) is 9.89. The van der Waals surface area contributed by atoms with Crippen LogP contribution in [0.3, 0.4) is 0 Å². The fourth-order valence-electron chi connectivity index (χ4n) is 1.15. The van der Waals surface area contributed by atoms with Crippen LogP contribution in [0.25, 0.3) is 0 Å². The third-order valence-corrected chi connectivity index (χ3v) is 2.03. The van der Waals surface area contributed by atoms with Crippen LogP contribution < -0.4 is 15.9 Å². The van der Waals surface area contributed by atoms with Gasteiger partial charge in [0.05, 0.1) is 5.71 Å². The van der Waals surface area contributed by atoms with Crippen LogP contribution in [0.5, 0.6) is 5.75 Å². The van der Waals surface area contributed by atoms with Crippen LogP contribution in [0.2, 0.25) is 0 Å². The van der Waals surface area contributed by atoms with Crippen molar-refractivity contribution in [2.45, 2.75) is 13.5 Å². The minimum Gasteiger partial charge on any atom is -0.435 e. The Bertz CT molecular complexity index is 518. The standard InChI is InChI=1S/C11H11F2N3O3/c1-6(15-16-10(18)9(14)17)7-3-2-4-8(5-7)19-11(12)13/h2-5,11H,1H3,(H2,14,17)(H,16,18)/b15-6+. The van der Waals surface area contributed by atoms with Crippen LogP contribution in [0, 0.1) is 0 Å². The molecule has 3 N–H and O–H groups in total. The van der Waals surface area contributed by atoms with E-state index in [2.05, 4.69) is 9.84 Å². The summed E-state index contributed by atoms with van der Waals surface area (Å²) >= 11 is 0. The summed E-state index contributed by atoms with van der Waals surface area (Å²) in [5, 5.41) is 3.61. The van der Waals surface area contributed by atoms with Crippen LogP contribution in [-0.2, 0) is 9.59 Å². The number of hydrogen-bond donors (Lipinski definition) is 2. The molecule has 0 radical (unpaired) electrons. The Hall–Kier alpha value is -2.51. The number of primary amides is 1. The molecule has 0 aliphatic heterocycles. The molecule has 1 aromatic carbocycles. The lowest BCUT2D eigenvalue weighted by molar-refractivity contribution is -0.137. The van der Waals surface area contributed by atoms with E-state index in [1.165, 1.54) is 25.1 Å². The number of ether oxygens (including phenoxy) is 1. The van der Waals surface area contributed by atoms with Gasteiger partial charge in [-0.2, -0.15) is 13.9 Å². The van der Waals surface area contributed by atoms with E-state index in [4.69, 9.17) is 5.73 Å². The van der Waals surface area contributed by atoms with Gasteiger partial charge in [0.15, 0.2) is 0 Å². The normalized spacial score (nSPS) is 11.3. The van der Waals surface area contributed by atoms with Gasteiger partial charge in [0.25, 0.3) is 0 Å². The lowest BCUT2D eigenvalue weighted by Gasteiger charge is -2.06. The quantitative estimate of drug-likeness (QED) is 0.477. The molecule has 2 amide bonds. The molecule has 0 heterocycles. The molecular weight excluding hydrogens is 260 g/mol. The van der Waals surface area contributed by atoms with Crippen molar-refractivity contribution >= 4 is 17.5 Å². The number of nitrogens with one attached hydrogen (secondary N) is 1. The van der Waals surface area contributed by atoms with Crippen LogP contribution >= 0.6 is 0 Å². The summed E-state index contributed by atoms with van der Waals surface area (Å²) in [5.74, 6) is -2.28. The van der Waals surface area contributed by atoms with Crippen LogP contribution in [-0.4, -0.2) is 24.1 Å². The first kappa shape index (κ1) is 14.6. The van der Waals surface area contributed by atoms with E-state index in [-0.39, 0.29) is 5.75 Å². The molecular formula is C11H11F2N3O3. The highest BCUT2D eigenvalue weighted by molar-refractivity contribution is 6.34. The van der Waals surface area contributed by atoms with Crippen molar-refractivity contribution in [3.63, 3.8) is 0 Å². The largest absolute Gasteiger partial charge is 0.435 e. The van der Waals surface area contributed by atoms with Crippen LogP contribution in [0.15, 0.2) is 29.4 Å². The Kier molecular flexibility index (Phi) is 4.92. The number of amides is 2. The lowest BCUT2D eigenvalue weighted by Crippen LogP contribution is -2.33. The van der Waals surface area contributed by atoms with Gasteiger partial charge >= 0.3 is 18.4 Å². The van der Waals surface area contributed by atoms with Gasteiger partial charge in [0.1, 0.15) is 5.75 Å². The van der Waals surface area contributed by atoms with E-state index in [0.717, 1.165) is 0 Å². The van der Waals surface area contributed by atoms with E-state index in [1.807, 2.05) is 5.43 Å². The van der Waals surface area contributed by atoms with Crippen LogP contribution in [0.1, 0.15) is 12.5 Å². The van der Waals surface area contributed by atoms with E-state index in [1.54, 1.807) is 6.07 Å². The van der Waals surface area contributed by atoms with E-state index >= 15 is 0 Å². The van der Waals surface area contributed by atoms with Crippen molar-refractivity contribution in [1.29, 1.82) is 0 Å². The minimum absolute atomic E-state index is 0.0386. The number of carbonyl (C=O) groups excluding carboxylic acids is 2. The number of nitrogens with two attached hydrogens (primary N) is 1. The summed E-state index contributed by atoms with van der Waals surface area (Å²) < 4.78 is 28.3. The maximum atomic E-state index is 12.0. The number of rotatable bonds is 4. The fraction of sp³-hybridized carbons (Fsp3) is 0.182. The van der Waals surface area contributed by atoms with Crippen molar-refractivity contribution in [3.05, 3.63) is 29.8 Å². The van der Waals surface area contributed by atoms with Crippen molar-refractivity contribution in [3.8, 4) is 5.75 Å². The number of nitrogens with zero attached hydrogens (tertiary/aromatic N) is 1. The molecule has 0 saturated carbocycles. The fourth-order valence-corrected chi connectivity index (χ4v) is 1.15. The third kappa shape index (κ3) is 4.70. The van der Waals surface area contributed by atoms with Gasteiger partial charge in [-0.3, -0.25) is 9.59 Å². The van der Waals surface area contributed by atoms with Crippen molar-refractivity contribution in [2.24, 2.45) is 10.8 Å². The van der Waals surface area contributed by atoms with Gasteiger partial charge in [-0.05, 0) is 19.1 Å². The third-order valence-electron chi connectivity index (χ3n) is 2.03. The Labute approximate surface area is 107 Å². The SMILES string of the molecule is C/C(=N\NC(=O)C(N)=O)c1cccc(OC(F)F)c1. The maximum Gasteiger partial charge on any atom is 0.387 e. The average Bonchev–Trinajstić information content (AvgIpc) is 2.34. The molecule has 102 valence electrons. The van der Waals surface area contributed by atoms with E-state index in [0.29, 0.717) is 11.3 Å². The highest BCUT2D eigenvalue weighted by Crippen LogP contribution is 2.16. The molecule has 0 fully saturated rings. The molecule has 6 nitrogen and oxygen atoms in total. The molecule has 1 aromatic rings. The van der Waals surface area contributed by atoms with Gasteiger partial charge < -0.3 is 10.5 Å². The predicted octanol–water partition coefficient (Wildman–Crippen LogP) is 0.614. The zero-order chi connectivity index (χ0) is 14.4. The van der Waals surface area contributed by atoms with E-state index < -0.39 is 18.4 Å². The Balaban J connectivity index is 2.81. The van der Waals surface area contributed by atoms with Crippen molar-refractivity contribution in [1.82, 2.24) is 5.43 Å². The first-order valence-corrected chi connectivity index (χ1v) is 5.09. The topological polar surface area (TPSA) is 93.8 Å². The maximum absolute atomic E-state index is 12.0. The minimum atomic E-state index is -2.93. The Morgan fingerprint density at radius 2 is 2.11 bits per heavy atom. The number of hydrazone groups is 1. The highest BCUT2D eigenvalue weighted by atomic mass is 19.3. The number of halogens is 2. The summed E-state index contributed by atoms with van der Waals surface area (Å²) in [6.07, 6.45) is 0. The van der Waals surface area contributed by atoms with Gasteiger partial charge in [0, 0.05) is 5.56 Å². The summed E-state index contributed by atoms with van der Waals surface area (Å²) in [7, 11) is 0. The molecule has 0 atom stereocenters. The number of hydrogen-bond acceptors (Lipinski definition) is 4. The number of alkyl halides is 2. The second-order valence-corrected chi connectivity index (χ2v) is 3.41. The van der Waals surface area contributed by atoms with Crippen molar-refractivity contribution in [2.75, 3.05) is 0 Å². The Morgan fingerprint density at radius 1 is 1.42 bits per heavy atom. The first-order chi connectivity index (χ1) is 8.90. The molecule has 1 rings (SSSR count). The van der Waals surface area contributed by atoms with Gasteiger partial charge in [-0.15, -0.1) is 0 Å². The lowest BCUT2D eigenvalue weighted by atomic mass is 10.1. The second kappa shape index (κ2) is 6.43. The smallest absolute Gasteiger partial charge is 0.387 e. The first-order valence-electron chi connectivity index (χ1n) is 5.09. The average molecular weight is 271 g/mol. The molecule has 0 spiro atoms. The van der Waals surface area contributed by atoms with Gasteiger partial charge in [-0.1, -0.05) is 12.1 Å². The summed E-state index contributed by atoms with van der Waals surface area (Å²) in [4.78, 5) is 21.3. The summed E-state index contributed by atoms with van der Waals surface area (Å²) in [5.41, 5.74) is 7.39. The summed E-state index contributed by atoms with van der Waals surface area (Å²) in [6.45, 7) is -1.41. The zero-order valence-electron chi connectivity index (χ0n) is 9.89. The molecule has 0 aliphatic carbocycles. The second-order valence-electron chi connectivity index (χ2n) is 3.41. The van der Waals surface area contributed by atoms with Crippen LogP contribution in [0.4, 0.5) is 8.78 Å². The summed E-state index contributed by atoms with van der Waals surface area (Å²) in [6, 6.07) is 5.74. The Morgan fingerprint density at radius 3 is 2.68 bits per heavy atom. The molecule has 0 unspecified atom stereocenters. The number of carbonyl (C=O) groups is 2. The molecule has 0 saturated heterocycles. The van der Waals surface area contributed by atoms with Crippen molar-refractivity contribution < 1.29 is 23.1 Å². The molecule has 0 bridgehead atoms. The molecule has 19 heavy (non-hydrogen) atoms. The van der Waals surface area contributed by atoms with Gasteiger partial charge in [0.2, 0.25) is 0 Å². The molecule has 0 aromatic heterocycles. The monoisotopic (exact) mass is 271 g/mol. The number of benzene rings is 1. The predicted molar refractivity (Wildman–Crippen MR) is 62.6 cm³/mol. The highest BCUT2D eigenvalue weighted by Gasteiger charge is 2.08.